The largest absolute Gasteiger partial charge is 0.475 e. The molecule has 0 N–H and O–H groups in total. The van der Waals surface area contributed by atoms with Gasteiger partial charge in [-0.05, 0) is 23.3 Å². The smallest absolute Gasteiger partial charge is 0.416 e. The van der Waals surface area contributed by atoms with Crippen LogP contribution in [0, 0.1) is 5.82 Å². The van der Waals surface area contributed by atoms with Gasteiger partial charge in [0.1, 0.15) is 18.5 Å². The molecule has 1 aliphatic rings. The number of hydrogen-bond donors (Lipinski definition) is 0. The minimum atomic E-state index is -4.60. The van der Waals surface area contributed by atoms with Crippen molar-refractivity contribution in [1.82, 2.24) is 4.98 Å². The van der Waals surface area contributed by atoms with Crippen LogP contribution in [-0.2, 0) is 10.9 Å². The first-order valence-corrected chi connectivity index (χ1v) is 9.46. The van der Waals surface area contributed by atoms with Crippen LogP contribution in [0.3, 0.4) is 0 Å². The van der Waals surface area contributed by atoms with Gasteiger partial charge in [0.15, 0.2) is 0 Å². The normalized spacial score (nSPS) is 16.3. The molecule has 0 saturated heterocycles. The Morgan fingerprint density at radius 1 is 0.967 bits per heavy atom. The molecular weight excluding hydrogens is 443 g/mol. The highest BCUT2D eigenvalue weighted by Gasteiger charge is 2.31. The van der Waals surface area contributed by atoms with Crippen LogP contribution in [-0.4, -0.2) is 17.5 Å². The van der Waals surface area contributed by atoms with Crippen molar-refractivity contribution in [3.05, 3.63) is 87.4 Å². The first-order valence-electron chi connectivity index (χ1n) is 8.71. The van der Waals surface area contributed by atoms with E-state index >= 15 is 0 Å². The minimum Gasteiger partial charge on any atom is -0.475 e. The molecule has 154 valence electrons. The summed E-state index contributed by atoms with van der Waals surface area (Å²) in [6.45, 7) is 0.262. The zero-order chi connectivity index (χ0) is 21.5. The van der Waals surface area contributed by atoms with Gasteiger partial charge in [-0.1, -0.05) is 53.5 Å². The molecule has 4 rings (SSSR count). The van der Waals surface area contributed by atoms with Crippen LogP contribution in [0.1, 0.15) is 22.7 Å². The molecule has 1 aliphatic heterocycles. The number of ether oxygens (including phenoxy) is 1. The van der Waals surface area contributed by atoms with E-state index in [1.165, 1.54) is 12.4 Å². The lowest BCUT2D eigenvalue weighted by atomic mass is 9.99. The maximum absolute atomic E-state index is 14.2. The van der Waals surface area contributed by atoms with Gasteiger partial charge in [-0.2, -0.15) is 13.2 Å². The summed E-state index contributed by atoms with van der Waals surface area (Å²) in [7, 11) is 0. The number of rotatable bonds is 3. The van der Waals surface area contributed by atoms with Gasteiger partial charge in [-0.3, -0.25) is 4.98 Å². The van der Waals surface area contributed by atoms with Crippen LogP contribution < -0.4 is 0 Å². The third-order valence-electron chi connectivity index (χ3n) is 4.62. The monoisotopic (exact) mass is 454 g/mol. The summed E-state index contributed by atoms with van der Waals surface area (Å²) in [6, 6.07) is 8.85. The summed E-state index contributed by atoms with van der Waals surface area (Å²) in [5.41, 5.74) is 0.755. The summed E-state index contributed by atoms with van der Waals surface area (Å²) in [5, 5.41) is 0.630. The molecule has 0 amide bonds. The predicted molar refractivity (Wildman–Crippen MR) is 106 cm³/mol. The van der Waals surface area contributed by atoms with E-state index in [1.54, 1.807) is 24.3 Å². The molecule has 0 spiro atoms. The molecule has 2 aromatic carbocycles. The highest BCUT2D eigenvalue weighted by Crippen LogP contribution is 2.34. The number of aliphatic imine (C=N–C) groups is 1. The van der Waals surface area contributed by atoms with E-state index in [1.807, 2.05) is 0 Å². The fourth-order valence-corrected chi connectivity index (χ4v) is 3.63. The number of hydrogen-bond acceptors (Lipinski definition) is 3. The van der Waals surface area contributed by atoms with Gasteiger partial charge in [0.05, 0.1) is 21.2 Å². The standard InChI is InChI=1S/C21H12Cl2F4N2O/c22-15-8-28-9-16(23)19(15)20-29-18(10-30-20)12-3-1-11(2-4-12)14-6-5-13(7-17(14)24)21(25,26)27/h1-9,18H,10H2. The Morgan fingerprint density at radius 2 is 1.63 bits per heavy atom. The summed E-state index contributed by atoms with van der Waals surface area (Å²) < 4.78 is 58.0. The van der Waals surface area contributed by atoms with Crippen molar-refractivity contribution in [2.45, 2.75) is 12.2 Å². The molecule has 0 saturated carbocycles. The van der Waals surface area contributed by atoms with E-state index in [9.17, 15) is 17.6 Å². The van der Waals surface area contributed by atoms with Gasteiger partial charge in [0.25, 0.3) is 0 Å². The number of benzene rings is 2. The summed E-state index contributed by atoms with van der Waals surface area (Å²) in [4.78, 5) is 8.40. The second kappa shape index (κ2) is 7.89. The maximum Gasteiger partial charge on any atom is 0.416 e. The molecule has 3 nitrogen and oxygen atoms in total. The molecule has 30 heavy (non-hydrogen) atoms. The van der Waals surface area contributed by atoms with Gasteiger partial charge in [0.2, 0.25) is 5.90 Å². The lowest BCUT2D eigenvalue weighted by molar-refractivity contribution is -0.137. The van der Waals surface area contributed by atoms with Crippen LogP contribution in [0.2, 0.25) is 10.0 Å². The van der Waals surface area contributed by atoms with Crippen molar-refractivity contribution in [3.8, 4) is 11.1 Å². The summed E-state index contributed by atoms with van der Waals surface area (Å²) in [6.07, 6.45) is -1.72. The molecule has 0 radical (unpaired) electrons. The average Bonchev–Trinajstić information content (AvgIpc) is 3.17. The van der Waals surface area contributed by atoms with E-state index in [0.717, 1.165) is 17.7 Å². The summed E-state index contributed by atoms with van der Waals surface area (Å²) >= 11 is 12.3. The second-order valence-corrected chi connectivity index (χ2v) is 7.37. The van der Waals surface area contributed by atoms with Crippen LogP contribution in [0.4, 0.5) is 17.6 Å². The zero-order valence-corrected chi connectivity index (χ0v) is 16.6. The molecule has 2 heterocycles. The molecule has 0 fully saturated rings. The van der Waals surface area contributed by atoms with Crippen LogP contribution in [0.5, 0.6) is 0 Å². The molecule has 0 aliphatic carbocycles. The average molecular weight is 455 g/mol. The lowest BCUT2D eigenvalue weighted by Crippen LogP contribution is -2.05. The Morgan fingerprint density at radius 3 is 2.23 bits per heavy atom. The molecule has 9 heteroatoms. The van der Waals surface area contributed by atoms with E-state index in [4.69, 9.17) is 27.9 Å². The van der Waals surface area contributed by atoms with Crippen molar-refractivity contribution in [2.75, 3.05) is 6.61 Å². The van der Waals surface area contributed by atoms with E-state index < -0.39 is 17.6 Å². The SMILES string of the molecule is Fc1cc(C(F)(F)F)ccc1-c1ccc(C2COC(c3c(Cl)cncc3Cl)=N2)cc1. The topological polar surface area (TPSA) is 34.5 Å². The molecular formula is C21H12Cl2F4N2O. The summed E-state index contributed by atoms with van der Waals surface area (Å²) in [5.74, 6) is -0.640. The van der Waals surface area contributed by atoms with Crippen LogP contribution in [0.15, 0.2) is 59.9 Å². The second-order valence-electron chi connectivity index (χ2n) is 6.55. The molecule has 1 unspecified atom stereocenters. The molecule has 1 aromatic heterocycles. The quantitative estimate of drug-likeness (QED) is 0.411. The number of halogens is 6. The van der Waals surface area contributed by atoms with Crippen molar-refractivity contribution < 1.29 is 22.3 Å². The highest BCUT2D eigenvalue weighted by atomic mass is 35.5. The first kappa shape index (κ1) is 20.6. The van der Waals surface area contributed by atoms with Gasteiger partial charge in [-0.15, -0.1) is 0 Å². The highest BCUT2D eigenvalue weighted by molar-refractivity contribution is 6.39. The number of alkyl halides is 3. The Hall–Kier alpha value is -2.64. The fourth-order valence-electron chi connectivity index (χ4n) is 3.11. The maximum atomic E-state index is 14.2. The van der Waals surface area contributed by atoms with Gasteiger partial charge >= 0.3 is 6.18 Å². The van der Waals surface area contributed by atoms with Gasteiger partial charge < -0.3 is 4.74 Å². The van der Waals surface area contributed by atoms with E-state index in [0.29, 0.717) is 33.1 Å². The third kappa shape index (κ3) is 4.00. The Balaban J connectivity index is 1.58. The Bertz CT molecular complexity index is 1110. The third-order valence-corrected chi connectivity index (χ3v) is 5.19. The molecule has 0 bridgehead atoms. The van der Waals surface area contributed by atoms with Crippen LogP contribution in [0.25, 0.3) is 11.1 Å². The first-order chi connectivity index (χ1) is 14.2. The van der Waals surface area contributed by atoms with Crippen molar-refractivity contribution in [1.29, 1.82) is 0 Å². The fraction of sp³-hybridized carbons (Fsp3) is 0.143. The predicted octanol–water partition coefficient (Wildman–Crippen LogP) is 6.73. The van der Waals surface area contributed by atoms with E-state index in [-0.39, 0.29) is 18.2 Å². The Kier molecular flexibility index (Phi) is 5.42. The Labute approximate surface area is 178 Å². The lowest BCUT2D eigenvalue weighted by Gasteiger charge is -2.10. The molecule has 3 aromatic rings. The zero-order valence-electron chi connectivity index (χ0n) is 15.1. The minimum absolute atomic E-state index is 0.0803. The van der Waals surface area contributed by atoms with Crippen molar-refractivity contribution in [2.24, 2.45) is 4.99 Å². The van der Waals surface area contributed by atoms with Gasteiger partial charge in [-0.25, -0.2) is 9.38 Å². The van der Waals surface area contributed by atoms with Crippen molar-refractivity contribution in [3.63, 3.8) is 0 Å². The van der Waals surface area contributed by atoms with E-state index in [2.05, 4.69) is 9.98 Å². The number of pyridine rings is 1. The number of nitrogens with zero attached hydrogens (tertiary/aromatic N) is 2. The van der Waals surface area contributed by atoms with Gasteiger partial charge in [0, 0.05) is 18.0 Å². The van der Waals surface area contributed by atoms with Crippen molar-refractivity contribution >= 4 is 29.1 Å². The number of aromatic nitrogens is 1. The molecule has 1 atom stereocenters. The van der Waals surface area contributed by atoms with Crippen LogP contribution >= 0.6 is 23.2 Å².